The number of hydrogen-bond donors (Lipinski definition) is 1. The van der Waals surface area contributed by atoms with Gasteiger partial charge in [0, 0.05) is 30.4 Å². The van der Waals surface area contributed by atoms with Gasteiger partial charge < -0.3 is 9.84 Å². The van der Waals surface area contributed by atoms with Crippen LogP contribution in [-0.2, 0) is 13.7 Å². The fourth-order valence-electron chi connectivity index (χ4n) is 1.72. The average molecular weight is 236 g/mol. The van der Waals surface area contributed by atoms with E-state index in [-0.39, 0.29) is 6.61 Å². The lowest BCUT2D eigenvalue weighted by molar-refractivity contribution is 0.276. The molecular formula is C12H13FN2O2. The Morgan fingerprint density at radius 3 is 2.76 bits per heavy atom. The van der Waals surface area contributed by atoms with Gasteiger partial charge >= 0.3 is 0 Å². The van der Waals surface area contributed by atoms with Crippen molar-refractivity contribution in [3.63, 3.8) is 0 Å². The van der Waals surface area contributed by atoms with E-state index >= 15 is 0 Å². The summed E-state index contributed by atoms with van der Waals surface area (Å²) in [5, 5.41) is 13.2. The van der Waals surface area contributed by atoms with Gasteiger partial charge in [-0.05, 0) is 12.1 Å². The molecule has 1 N–H and O–H groups in total. The predicted octanol–water partition coefficient (Wildman–Crippen LogP) is 1.73. The first kappa shape index (κ1) is 11.6. The van der Waals surface area contributed by atoms with E-state index in [0.29, 0.717) is 22.6 Å². The van der Waals surface area contributed by atoms with Crippen molar-refractivity contribution < 1.29 is 14.2 Å². The lowest BCUT2D eigenvalue weighted by atomic mass is 10.1. The van der Waals surface area contributed by atoms with Crippen LogP contribution in [0.4, 0.5) is 4.39 Å². The summed E-state index contributed by atoms with van der Waals surface area (Å²) in [6.45, 7) is -0.221. The second kappa shape index (κ2) is 4.55. The first-order chi connectivity index (χ1) is 8.15. The van der Waals surface area contributed by atoms with Crippen LogP contribution in [0.5, 0.6) is 5.75 Å². The number of halogens is 1. The van der Waals surface area contributed by atoms with Gasteiger partial charge in [0.05, 0.1) is 19.4 Å². The van der Waals surface area contributed by atoms with Crippen molar-refractivity contribution in [1.29, 1.82) is 0 Å². The fourth-order valence-corrected chi connectivity index (χ4v) is 1.72. The Labute approximate surface area is 98.3 Å². The molecule has 1 heterocycles. The lowest BCUT2D eigenvalue weighted by Crippen LogP contribution is -1.92. The van der Waals surface area contributed by atoms with E-state index in [1.54, 1.807) is 30.1 Å². The van der Waals surface area contributed by atoms with Crippen LogP contribution >= 0.6 is 0 Å². The van der Waals surface area contributed by atoms with E-state index in [9.17, 15) is 4.39 Å². The van der Waals surface area contributed by atoms with Crippen LogP contribution in [-0.4, -0.2) is 22.0 Å². The normalized spacial score (nSPS) is 10.6. The standard InChI is InChI=1S/C12H13FN2O2/c1-15-6-10(12(7-16)14-15)9-4-3-8(17-2)5-11(9)13/h3-6,16H,7H2,1-2H3. The van der Waals surface area contributed by atoms with E-state index in [4.69, 9.17) is 9.84 Å². The Bertz CT molecular complexity index is 537. The molecule has 2 aromatic rings. The molecule has 5 heteroatoms. The smallest absolute Gasteiger partial charge is 0.134 e. The molecule has 0 radical (unpaired) electrons. The third-order valence-corrected chi connectivity index (χ3v) is 2.52. The van der Waals surface area contributed by atoms with Gasteiger partial charge in [-0.2, -0.15) is 5.10 Å². The maximum Gasteiger partial charge on any atom is 0.134 e. The van der Waals surface area contributed by atoms with Crippen LogP contribution in [0.1, 0.15) is 5.69 Å². The molecule has 0 bridgehead atoms. The van der Waals surface area contributed by atoms with Gasteiger partial charge in [0.15, 0.2) is 0 Å². The molecule has 0 saturated heterocycles. The Kier molecular flexibility index (Phi) is 3.10. The first-order valence-corrected chi connectivity index (χ1v) is 5.13. The number of aryl methyl sites for hydroxylation is 1. The number of aliphatic hydroxyl groups is 1. The van der Waals surface area contributed by atoms with E-state index in [0.717, 1.165) is 0 Å². The van der Waals surface area contributed by atoms with E-state index < -0.39 is 5.82 Å². The molecule has 0 aliphatic rings. The number of nitrogens with zero attached hydrogens (tertiary/aromatic N) is 2. The molecule has 0 atom stereocenters. The number of ether oxygens (including phenoxy) is 1. The number of methoxy groups -OCH3 is 1. The van der Waals surface area contributed by atoms with Crippen molar-refractivity contribution in [2.75, 3.05) is 7.11 Å². The summed E-state index contributed by atoms with van der Waals surface area (Å²) in [5.74, 6) is 0.0627. The van der Waals surface area contributed by atoms with Crippen molar-refractivity contribution in [2.45, 2.75) is 6.61 Å². The molecule has 0 unspecified atom stereocenters. The minimum Gasteiger partial charge on any atom is -0.497 e. The number of benzene rings is 1. The van der Waals surface area contributed by atoms with Crippen LogP contribution in [0.2, 0.25) is 0 Å². The summed E-state index contributed by atoms with van der Waals surface area (Å²) in [5.41, 5.74) is 1.45. The molecule has 0 saturated carbocycles. The SMILES string of the molecule is COc1ccc(-c2cn(C)nc2CO)c(F)c1. The molecule has 0 aliphatic heterocycles. The molecular weight excluding hydrogens is 223 g/mol. The zero-order chi connectivity index (χ0) is 12.4. The van der Waals surface area contributed by atoms with Crippen LogP contribution in [0, 0.1) is 5.82 Å². The van der Waals surface area contributed by atoms with Crippen molar-refractivity contribution >= 4 is 0 Å². The summed E-state index contributed by atoms with van der Waals surface area (Å²) >= 11 is 0. The molecule has 4 nitrogen and oxygen atoms in total. The Hall–Kier alpha value is -1.88. The summed E-state index contributed by atoms with van der Waals surface area (Å²) in [6, 6.07) is 4.60. The zero-order valence-corrected chi connectivity index (χ0v) is 9.64. The zero-order valence-electron chi connectivity index (χ0n) is 9.64. The van der Waals surface area contributed by atoms with Gasteiger partial charge in [0.1, 0.15) is 11.6 Å². The topological polar surface area (TPSA) is 47.3 Å². The highest BCUT2D eigenvalue weighted by atomic mass is 19.1. The molecule has 1 aromatic carbocycles. The van der Waals surface area contributed by atoms with Gasteiger partial charge in [0.2, 0.25) is 0 Å². The van der Waals surface area contributed by atoms with Crippen molar-refractivity contribution in [1.82, 2.24) is 9.78 Å². The highest BCUT2D eigenvalue weighted by Gasteiger charge is 2.13. The van der Waals surface area contributed by atoms with Crippen LogP contribution in [0.25, 0.3) is 11.1 Å². The molecule has 0 spiro atoms. The quantitative estimate of drug-likeness (QED) is 0.882. The minimum atomic E-state index is -0.396. The Morgan fingerprint density at radius 1 is 1.41 bits per heavy atom. The van der Waals surface area contributed by atoms with Crippen LogP contribution < -0.4 is 4.74 Å². The number of aliphatic hydroxyl groups excluding tert-OH is 1. The highest BCUT2D eigenvalue weighted by Crippen LogP contribution is 2.28. The molecule has 90 valence electrons. The first-order valence-electron chi connectivity index (χ1n) is 5.13. The largest absolute Gasteiger partial charge is 0.497 e. The monoisotopic (exact) mass is 236 g/mol. The van der Waals surface area contributed by atoms with E-state index in [1.165, 1.54) is 13.2 Å². The van der Waals surface area contributed by atoms with Gasteiger partial charge in [-0.1, -0.05) is 0 Å². The van der Waals surface area contributed by atoms with Crippen molar-refractivity contribution in [3.05, 3.63) is 35.9 Å². The Balaban J connectivity index is 2.52. The van der Waals surface area contributed by atoms with Crippen LogP contribution in [0.15, 0.2) is 24.4 Å². The average Bonchev–Trinajstić information content (AvgIpc) is 2.70. The predicted molar refractivity (Wildman–Crippen MR) is 61.1 cm³/mol. The molecule has 1 aromatic heterocycles. The van der Waals surface area contributed by atoms with Gasteiger partial charge in [-0.15, -0.1) is 0 Å². The third-order valence-electron chi connectivity index (χ3n) is 2.52. The second-order valence-corrected chi connectivity index (χ2v) is 3.67. The molecule has 0 fully saturated rings. The van der Waals surface area contributed by atoms with Crippen molar-refractivity contribution in [2.24, 2.45) is 7.05 Å². The summed E-state index contributed by atoms with van der Waals surface area (Å²) < 4.78 is 20.3. The molecule has 0 aliphatic carbocycles. The number of rotatable bonds is 3. The number of hydrogen-bond acceptors (Lipinski definition) is 3. The van der Waals surface area contributed by atoms with Gasteiger partial charge in [0.25, 0.3) is 0 Å². The van der Waals surface area contributed by atoms with Gasteiger partial charge in [-0.25, -0.2) is 4.39 Å². The van der Waals surface area contributed by atoms with Crippen LogP contribution in [0.3, 0.4) is 0 Å². The molecule has 17 heavy (non-hydrogen) atoms. The maximum atomic E-state index is 13.8. The minimum absolute atomic E-state index is 0.221. The maximum absolute atomic E-state index is 13.8. The summed E-state index contributed by atoms with van der Waals surface area (Å²) in [7, 11) is 3.21. The summed E-state index contributed by atoms with van der Waals surface area (Å²) in [6.07, 6.45) is 1.68. The fraction of sp³-hybridized carbons (Fsp3) is 0.250. The highest BCUT2D eigenvalue weighted by molar-refractivity contribution is 5.66. The third kappa shape index (κ3) is 2.14. The molecule has 0 amide bonds. The van der Waals surface area contributed by atoms with Crippen molar-refractivity contribution in [3.8, 4) is 16.9 Å². The van der Waals surface area contributed by atoms with Gasteiger partial charge in [-0.3, -0.25) is 4.68 Å². The molecule has 2 rings (SSSR count). The Morgan fingerprint density at radius 2 is 2.18 bits per heavy atom. The second-order valence-electron chi connectivity index (χ2n) is 3.67. The summed E-state index contributed by atoms with van der Waals surface area (Å²) in [4.78, 5) is 0. The number of aromatic nitrogens is 2. The van der Waals surface area contributed by atoms with E-state index in [1.807, 2.05) is 0 Å². The van der Waals surface area contributed by atoms with E-state index in [2.05, 4.69) is 5.10 Å². The lowest BCUT2D eigenvalue weighted by Gasteiger charge is -2.04.